The number of hydrogen-bond donors (Lipinski definition) is 0. The molecule has 0 N–H and O–H groups in total. The van der Waals surface area contributed by atoms with E-state index in [9.17, 15) is 13.6 Å². The molecule has 3 nitrogen and oxygen atoms in total. The van der Waals surface area contributed by atoms with E-state index in [1.807, 2.05) is 0 Å². The van der Waals surface area contributed by atoms with Crippen LogP contribution in [-0.2, 0) is 4.74 Å². The smallest absolute Gasteiger partial charge is 0.256 e. The Kier molecular flexibility index (Phi) is 3.91. The number of amides is 1. The van der Waals surface area contributed by atoms with Gasteiger partial charge in [0.1, 0.15) is 11.6 Å². The average Bonchev–Trinajstić information content (AvgIpc) is 2.38. The predicted molar refractivity (Wildman–Crippen MR) is 62.3 cm³/mol. The van der Waals surface area contributed by atoms with Gasteiger partial charge in [0, 0.05) is 26.3 Å². The lowest BCUT2D eigenvalue weighted by molar-refractivity contribution is 0.0348. The second kappa shape index (κ2) is 5.44. The molecule has 0 atom stereocenters. The summed E-state index contributed by atoms with van der Waals surface area (Å²) in [5.41, 5.74) is -0.0766. The van der Waals surface area contributed by atoms with E-state index in [0.717, 1.165) is 25.0 Å². The number of ether oxygens (including phenoxy) is 1. The molecular formula is C13H15F2NO2. The molecular weight excluding hydrogens is 240 g/mol. The van der Waals surface area contributed by atoms with Gasteiger partial charge in [-0.25, -0.2) is 8.78 Å². The summed E-state index contributed by atoms with van der Waals surface area (Å²) in [6.45, 7) is 1.07. The van der Waals surface area contributed by atoms with E-state index in [-0.39, 0.29) is 17.6 Å². The molecule has 1 aliphatic rings. The SMILES string of the molecule is COC1CCN(C(=O)c2ccc(F)cc2F)CC1. The zero-order valence-corrected chi connectivity index (χ0v) is 10.2. The van der Waals surface area contributed by atoms with Gasteiger partial charge >= 0.3 is 0 Å². The Hall–Kier alpha value is -1.49. The van der Waals surface area contributed by atoms with Gasteiger partial charge in [-0.15, -0.1) is 0 Å². The third-order valence-corrected chi connectivity index (χ3v) is 3.22. The molecule has 1 fully saturated rings. The first-order valence-corrected chi connectivity index (χ1v) is 5.89. The molecule has 0 radical (unpaired) electrons. The quantitative estimate of drug-likeness (QED) is 0.811. The maximum absolute atomic E-state index is 13.5. The minimum Gasteiger partial charge on any atom is -0.381 e. The molecule has 5 heteroatoms. The highest BCUT2D eigenvalue weighted by atomic mass is 19.1. The number of hydrogen-bond acceptors (Lipinski definition) is 2. The van der Waals surface area contributed by atoms with E-state index >= 15 is 0 Å². The highest BCUT2D eigenvalue weighted by molar-refractivity contribution is 5.94. The van der Waals surface area contributed by atoms with Crippen LogP contribution in [0.3, 0.4) is 0 Å². The highest BCUT2D eigenvalue weighted by Crippen LogP contribution is 2.17. The maximum atomic E-state index is 13.5. The second-order valence-electron chi connectivity index (χ2n) is 4.35. The summed E-state index contributed by atoms with van der Waals surface area (Å²) in [4.78, 5) is 13.6. The van der Waals surface area contributed by atoms with Crippen molar-refractivity contribution in [3.8, 4) is 0 Å². The van der Waals surface area contributed by atoms with Crippen molar-refractivity contribution in [2.45, 2.75) is 18.9 Å². The van der Waals surface area contributed by atoms with Crippen molar-refractivity contribution >= 4 is 5.91 Å². The molecule has 0 saturated carbocycles. The van der Waals surface area contributed by atoms with Gasteiger partial charge in [0.05, 0.1) is 11.7 Å². The minimum absolute atomic E-state index is 0.0766. The summed E-state index contributed by atoms with van der Waals surface area (Å²) >= 11 is 0. The Morgan fingerprint density at radius 1 is 1.33 bits per heavy atom. The molecule has 98 valence electrons. The Morgan fingerprint density at radius 3 is 2.56 bits per heavy atom. The van der Waals surface area contributed by atoms with Crippen molar-refractivity contribution in [2.24, 2.45) is 0 Å². The van der Waals surface area contributed by atoms with Gasteiger partial charge in [-0.2, -0.15) is 0 Å². The number of piperidine rings is 1. The van der Waals surface area contributed by atoms with Gasteiger partial charge < -0.3 is 9.64 Å². The molecule has 1 aromatic carbocycles. The van der Waals surface area contributed by atoms with Gasteiger partial charge in [0.25, 0.3) is 5.91 Å². The fourth-order valence-electron chi connectivity index (χ4n) is 2.13. The van der Waals surface area contributed by atoms with Crippen molar-refractivity contribution in [1.82, 2.24) is 4.90 Å². The summed E-state index contributed by atoms with van der Waals surface area (Å²) in [5.74, 6) is -1.88. The first kappa shape index (κ1) is 13.0. The Morgan fingerprint density at radius 2 is 2.00 bits per heavy atom. The number of rotatable bonds is 2. The number of carbonyl (C=O) groups is 1. The van der Waals surface area contributed by atoms with Crippen LogP contribution < -0.4 is 0 Å². The molecule has 0 spiro atoms. The Bertz CT molecular complexity index is 443. The largest absolute Gasteiger partial charge is 0.381 e. The van der Waals surface area contributed by atoms with Crippen molar-refractivity contribution in [2.75, 3.05) is 20.2 Å². The molecule has 0 bridgehead atoms. The lowest BCUT2D eigenvalue weighted by Gasteiger charge is -2.31. The van der Waals surface area contributed by atoms with E-state index < -0.39 is 11.6 Å². The second-order valence-corrected chi connectivity index (χ2v) is 4.35. The van der Waals surface area contributed by atoms with E-state index in [1.165, 1.54) is 6.07 Å². The number of methoxy groups -OCH3 is 1. The fraction of sp³-hybridized carbons (Fsp3) is 0.462. The first-order chi connectivity index (χ1) is 8.61. The molecule has 1 amide bonds. The van der Waals surface area contributed by atoms with Gasteiger partial charge in [-0.1, -0.05) is 0 Å². The van der Waals surface area contributed by atoms with Crippen molar-refractivity contribution in [1.29, 1.82) is 0 Å². The van der Waals surface area contributed by atoms with Crippen LogP contribution in [-0.4, -0.2) is 37.1 Å². The van der Waals surface area contributed by atoms with Gasteiger partial charge in [-0.05, 0) is 25.0 Å². The van der Waals surface area contributed by atoms with Crippen LogP contribution in [0.5, 0.6) is 0 Å². The van der Waals surface area contributed by atoms with Gasteiger partial charge in [0.15, 0.2) is 0 Å². The summed E-state index contributed by atoms with van der Waals surface area (Å²) in [7, 11) is 1.64. The third kappa shape index (κ3) is 2.67. The van der Waals surface area contributed by atoms with E-state index in [4.69, 9.17) is 4.74 Å². The van der Waals surface area contributed by atoms with Crippen LogP contribution in [0.25, 0.3) is 0 Å². The molecule has 1 heterocycles. The summed E-state index contributed by atoms with van der Waals surface area (Å²) in [6.07, 6.45) is 1.64. The molecule has 18 heavy (non-hydrogen) atoms. The average molecular weight is 255 g/mol. The fourth-order valence-corrected chi connectivity index (χ4v) is 2.13. The number of nitrogens with zero attached hydrogens (tertiary/aromatic N) is 1. The summed E-state index contributed by atoms with van der Waals surface area (Å²) in [5, 5.41) is 0. The van der Waals surface area contributed by atoms with Crippen LogP contribution in [0, 0.1) is 11.6 Å². The number of likely N-dealkylation sites (tertiary alicyclic amines) is 1. The van der Waals surface area contributed by atoms with E-state index in [2.05, 4.69) is 0 Å². The molecule has 0 aromatic heterocycles. The Labute approximate surface area is 104 Å². The van der Waals surface area contributed by atoms with Crippen molar-refractivity contribution in [3.63, 3.8) is 0 Å². The normalized spacial score (nSPS) is 16.9. The number of benzene rings is 1. The lowest BCUT2D eigenvalue weighted by Crippen LogP contribution is -2.40. The van der Waals surface area contributed by atoms with Crippen LogP contribution >= 0.6 is 0 Å². The molecule has 2 rings (SSSR count). The summed E-state index contributed by atoms with van der Waals surface area (Å²) < 4.78 is 31.5. The van der Waals surface area contributed by atoms with Crippen LogP contribution in [0.1, 0.15) is 23.2 Å². The molecule has 0 aliphatic carbocycles. The molecule has 1 aromatic rings. The maximum Gasteiger partial charge on any atom is 0.256 e. The van der Waals surface area contributed by atoms with E-state index in [1.54, 1.807) is 12.0 Å². The summed E-state index contributed by atoms with van der Waals surface area (Å²) in [6, 6.07) is 3.02. The zero-order valence-electron chi connectivity index (χ0n) is 10.2. The van der Waals surface area contributed by atoms with Crippen molar-refractivity contribution < 1.29 is 18.3 Å². The molecule has 1 saturated heterocycles. The lowest BCUT2D eigenvalue weighted by atomic mass is 10.1. The topological polar surface area (TPSA) is 29.5 Å². The Balaban J connectivity index is 2.08. The van der Waals surface area contributed by atoms with Crippen LogP contribution in [0.4, 0.5) is 8.78 Å². The highest BCUT2D eigenvalue weighted by Gasteiger charge is 2.25. The van der Waals surface area contributed by atoms with Crippen LogP contribution in [0.15, 0.2) is 18.2 Å². The van der Waals surface area contributed by atoms with Crippen molar-refractivity contribution in [3.05, 3.63) is 35.4 Å². The molecule has 1 aliphatic heterocycles. The monoisotopic (exact) mass is 255 g/mol. The number of halogens is 2. The minimum atomic E-state index is -0.811. The van der Waals surface area contributed by atoms with Gasteiger partial charge in [-0.3, -0.25) is 4.79 Å². The third-order valence-electron chi connectivity index (χ3n) is 3.22. The standard InChI is InChI=1S/C13H15F2NO2/c1-18-10-4-6-16(7-5-10)13(17)11-3-2-9(14)8-12(11)15/h2-3,8,10H,4-7H2,1H3. The number of carbonyl (C=O) groups excluding carboxylic acids is 1. The zero-order chi connectivity index (χ0) is 13.1. The van der Waals surface area contributed by atoms with E-state index in [0.29, 0.717) is 13.1 Å². The molecule has 0 unspecified atom stereocenters. The predicted octanol–water partition coefficient (Wildman–Crippen LogP) is 2.22. The first-order valence-electron chi connectivity index (χ1n) is 5.89. The van der Waals surface area contributed by atoms with Crippen LogP contribution in [0.2, 0.25) is 0 Å². The van der Waals surface area contributed by atoms with Gasteiger partial charge in [0.2, 0.25) is 0 Å².